The summed E-state index contributed by atoms with van der Waals surface area (Å²) in [6.45, 7) is 5.97. The van der Waals surface area contributed by atoms with Crippen LogP contribution in [0.3, 0.4) is 0 Å². The van der Waals surface area contributed by atoms with Gasteiger partial charge in [-0.15, -0.1) is 0 Å². The zero-order valence-electron chi connectivity index (χ0n) is 15.8. The van der Waals surface area contributed by atoms with Crippen LogP contribution in [0.5, 0.6) is 0 Å². The highest BCUT2D eigenvalue weighted by atomic mass is 16.5. The van der Waals surface area contributed by atoms with Crippen molar-refractivity contribution in [2.24, 2.45) is 23.7 Å². The number of carboxylic acid groups (broad SMARTS) is 1. The standard InChI is InChI=1S/C21H25NO5/c1-4-27-21(26)12-5-7-13(8-6-12)22-19(23)17-14-9-10-15(16(14)11(2)3)18(17)20(24)25/h5-8,14-15,17-18H,4,9-10H2,1-3H3,(H,22,23)(H,24,25)/p-1/t14-,15-,17-,18+/m1/s1. The van der Waals surface area contributed by atoms with Gasteiger partial charge < -0.3 is 20.0 Å². The molecule has 0 heterocycles. The van der Waals surface area contributed by atoms with Gasteiger partial charge in [-0.25, -0.2) is 4.79 Å². The molecule has 1 aromatic carbocycles. The number of hydrogen-bond acceptors (Lipinski definition) is 5. The van der Waals surface area contributed by atoms with E-state index >= 15 is 0 Å². The van der Waals surface area contributed by atoms with Crippen molar-refractivity contribution < 1.29 is 24.2 Å². The van der Waals surface area contributed by atoms with E-state index in [1.165, 1.54) is 0 Å². The molecule has 6 nitrogen and oxygen atoms in total. The number of ether oxygens (including phenoxy) is 1. The molecule has 0 aliphatic heterocycles. The third-order valence-electron chi connectivity index (χ3n) is 5.66. The summed E-state index contributed by atoms with van der Waals surface area (Å²) in [6.07, 6.45) is 1.62. The van der Waals surface area contributed by atoms with Crippen LogP contribution in [0, 0.1) is 23.7 Å². The molecule has 3 rings (SSSR count). The van der Waals surface area contributed by atoms with Crippen LogP contribution in [0.2, 0.25) is 0 Å². The van der Waals surface area contributed by atoms with Gasteiger partial charge in [0.15, 0.2) is 0 Å². The van der Waals surface area contributed by atoms with Crippen molar-refractivity contribution in [3.63, 3.8) is 0 Å². The zero-order valence-corrected chi connectivity index (χ0v) is 15.8. The van der Waals surface area contributed by atoms with Crippen molar-refractivity contribution in [3.05, 3.63) is 41.0 Å². The minimum atomic E-state index is -1.15. The molecule has 1 N–H and O–H groups in total. The maximum Gasteiger partial charge on any atom is 0.338 e. The Morgan fingerprint density at radius 3 is 2.19 bits per heavy atom. The normalized spacial score (nSPS) is 26.0. The SMILES string of the molecule is CCOC(=O)c1ccc(NC(=O)[C@H]2[C@@H](C(=O)[O-])[C@@H]3CC[C@@H]2C3=C(C)C)cc1. The Morgan fingerprint density at radius 2 is 1.67 bits per heavy atom. The molecule has 0 spiro atoms. The van der Waals surface area contributed by atoms with E-state index in [0.29, 0.717) is 17.9 Å². The Balaban J connectivity index is 1.78. The minimum Gasteiger partial charge on any atom is -0.550 e. The molecule has 2 fully saturated rings. The first-order valence-electron chi connectivity index (χ1n) is 9.31. The Bertz CT molecular complexity index is 791. The highest BCUT2D eigenvalue weighted by molar-refractivity contribution is 5.97. The Hall–Kier alpha value is -2.63. The molecule has 1 amide bonds. The van der Waals surface area contributed by atoms with Crippen LogP contribution in [0.1, 0.15) is 44.0 Å². The van der Waals surface area contributed by atoms with Crippen LogP contribution in [0.4, 0.5) is 5.69 Å². The molecule has 2 aliphatic rings. The Kier molecular flexibility index (Phi) is 5.35. The predicted molar refractivity (Wildman–Crippen MR) is 97.6 cm³/mol. The third kappa shape index (κ3) is 3.48. The van der Waals surface area contributed by atoms with Gasteiger partial charge in [0.05, 0.1) is 18.1 Å². The second-order valence-electron chi connectivity index (χ2n) is 7.40. The monoisotopic (exact) mass is 370 g/mol. The van der Waals surface area contributed by atoms with Gasteiger partial charge in [0.1, 0.15) is 0 Å². The Morgan fingerprint density at radius 1 is 1.07 bits per heavy atom. The van der Waals surface area contributed by atoms with E-state index in [2.05, 4.69) is 5.32 Å². The molecule has 2 saturated carbocycles. The molecule has 6 heteroatoms. The number of hydrogen-bond donors (Lipinski definition) is 1. The number of esters is 1. The average molecular weight is 370 g/mol. The van der Waals surface area contributed by atoms with Crippen LogP contribution in [-0.4, -0.2) is 24.5 Å². The molecule has 0 radical (unpaired) electrons. The molecule has 0 unspecified atom stereocenters. The molecule has 0 aromatic heterocycles. The van der Waals surface area contributed by atoms with Gasteiger partial charge in [-0.2, -0.15) is 0 Å². The number of anilines is 1. The maximum absolute atomic E-state index is 12.9. The number of carbonyl (C=O) groups is 3. The van der Waals surface area contributed by atoms with E-state index in [0.717, 1.165) is 24.0 Å². The Labute approximate surface area is 158 Å². The fourth-order valence-electron chi connectivity index (χ4n) is 4.72. The third-order valence-corrected chi connectivity index (χ3v) is 5.66. The first-order valence-corrected chi connectivity index (χ1v) is 9.31. The summed E-state index contributed by atoms with van der Waals surface area (Å²) in [6, 6.07) is 6.39. The van der Waals surface area contributed by atoms with E-state index in [1.54, 1.807) is 31.2 Å². The topological polar surface area (TPSA) is 95.5 Å². The zero-order chi connectivity index (χ0) is 19.7. The minimum absolute atomic E-state index is 0.0401. The highest BCUT2D eigenvalue weighted by Crippen LogP contribution is 2.57. The van der Waals surface area contributed by atoms with E-state index in [-0.39, 0.29) is 17.7 Å². The lowest BCUT2D eigenvalue weighted by Gasteiger charge is -2.30. The summed E-state index contributed by atoms with van der Waals surface area (Å²) < 4.78 is 4.93. The van der Waals surface area contributed by atoms with Crippen LogP contribution in [0.25, 0.3) is 0 Å². The van der Waals surface area contributed by atoms with Gasteiger partial charge in [-0.05, 0) is 69.7 Å². The lowest BCUT2D eigenvalue weighted by Crippen LogP contribution is -2.43. The molecule has 4 atom stereocenters. The second-order valence-corrected chi connectivity index (χ2v) is 7.40. The number of rotatable bonds is 5. The van der Waals surface area contributed by atoms with Gasteiger partial charge in [-0.1, -0.05) is 11.1 Å². The van der Waals surface area contributed by atoms with Gasteiger partial charge >= 0.3 is 5.97 Å². The summed E-state index contributed by atoms with van der Waals surface area (Å²) in [5.74, 6) is -3.43. The quantitative estimate of drug-likeness (QED) is 0.633. The van der Waals surface area contributed by atoms with E-state index in [9.17, 15) is 19.5 Å². The lowest BCUT2D eigenvalue weighted by atomic mass is 9.78. The van der Waals surface area contributed by atoms with Crippen molar-refractivity contribution in [1.29, 1.82) is 0 Å². The number of nitrogens with one attached hydrogen (secondary N) is 1. The van der Waals surface area contributed by atoms with Crippen molar-refractivity contribution in [3.8, 4) is 0 Å². The van der Waals surface area contributed by atoms with Crippen molar-refractivity contribution >= 4 is 23.5 Å². The van der Waals surface area contributed by atoms with Gasteiger partial charge in [0, 0.05) is 17.6 Å². The van der Waals surface area contributed by atoms with Crippen LogP contribution in [-0.2, 0) is 14.3 Å². The first-order chi connectivity index (χ1) is 12.8. The van der Waals surface area contributed by atoms with Crippen LogP contribution >= 0.6 is 0 Å². The van der Waals surface area contributed by atoms with Crippen molar-refractivity contribution in [2.45, 2.75) is 33.6 Å². The van der Waals surface area contributed by atoms with E-state index < -0.39 is 23.8 Å². The number of carbonyl (C=O) groups excluding carboxylic acids is 3. The first kappa shape index (κ1) is 19.1. The summed E-state index contributed by atoms with van der Waals surface area (Å²) in [5.41, 5.74) is 3.13. The fourth-order valence-corrected chi connectivity index (χ4v) is 4.72. The number of aliphatic carboxylic acids is 1. The number of amides is 1. The van der Waals surface area contributed by atoms with E-state index in [4.69, 9.17) is 4.74 Å². The maximum atomic E-state index is 12.9. The molecule has 2 aliphatic carbocycles. The molecule has 0 saturated heterocycles. The molecule has 144 valence electrons. The average Bonchev–Trinajstić information content (AvgIpc) is 3.18. The smallest absolute Gasteiger partial charge is 0.338 e. The van der Waals surface area contributed by atoms with Gasteiger partial charge in [0.25, 0.3) is 0 Å². The molecule has 2 bridgehead atoms. The van der Waals surface area contributed by atoms with Crippen molar-refractivity contribution in [2.75, 3.05) is 11.9 Å². The van der Waals surface area contributed by atoms with Crippen LogP contribution < -0.4 is 10.4 Å². The molecular weight excluding hydrogens is 346 g/mol. The number of allylic oxidation sites excluding steroid dienone is 2. The highest BCUT2D eigenvalue weighted by Gasteiger charge is 2.54. The van der Waals surface area contributed by atoms with Crippen molar-refractivity contribution in [1.82, 2.24) is 0 Å². The lowest BCUT2D eigenvalue weighted by molar-refractivity contribution is -0.314. The predicted octanol–water partition coefficient (Wildman–Crippen LogP) is 2.16. The summed E-state index contributed by atoms with van der Waals surface area (Å²) >= 11 is 0. The fraction of sp³-hybridized carbons (Fsp3) is 0.476. The summed E-state index contributed by atoms with van der Waals surface area (Å²) in [5, 5.41) is 14.5. The largest absolute Gasteiger partial charge is 0.550 e. The number of fused-ring (bicyclic) bond motifs is 2. The summed E-state index contributed by atoms with van der Waals surface area (Å²) in [4.78, 5) is 36.3. The van der Waals surface area contributed by atoms with Gasteiger partial charge in [-0.3, -0.25) is 4.79 Å². The van der Waals surface area contributed by atoms with Gasteiger partial charge in [0.2, 0.25) is 5.91 Å². The van der Waals surface area contributed by atoms with Crippen LogP contribution in [0.15, 0.2) is 35.4 Å². The second kappa shape index (κ2) is 7.55. The summed E-state index contributed by atoms with van der Waals surface area (Å²) in [7, 11) is 0. The number of carboxylic acids is 1. The van der Waals surface area contributed by atoms with E-state index in [1.807, 2.05) is 13.8 Å². The molecule has 1 aromatic rings. The molecule has 27 heavy (non-hydrogen) atoms. The number of benzene rings is 1. The molecular formula is C21H24NO5-.